The molecule has 1 aromatic heterocycles. The van der Waals surface area contributed by atoms with Gasteiger partial charge in [0, 0.05) is 18.0 Å². The Morgan fingerprint density at radius 1 is 1.00 bits per heavy atom. The average Bonchev–Trinajstić information content (AvgIpc) is 3.00. The first-order chi connectivity index (χ1) is 14.9. The normalized spacial score (nSPS) is 12.8. The molecule has 156 valence electrons. The van der Waals surface area contributed by atoms with E-state index in [1.165, 1.54) is 36.4 Å². The molecule has 0 saturated heterocycles. The van der Waals surface area contributed by atoms with Crippen LogP contribution in [0.25, 0.3) is 0 Å². The fourth-order valence-electron chi connectivity index (χ4n) is 3.21. The largest absolute Gasteiger partial charge is 0.433 e. The van der Waals surface area contributed by atoms with Crippen LogP contribution in [-0.4, -0.2) is 34.2 Å². The molecule has 1 N–H and O–H groups in total. The number of alkyl halides is 2. The molecule has 2 aromatic carbocycles. The Morgan fingerprint density at radius 2 is 1.71 bits per heavy atom. The molecule has 3 aromatic rings. The second kappa shape index (κ2) is 8.31. The molecule has 9 heteroatoms. The minimum atomic E-state index is -3.05. The molecule has 7 nitrogen and oxygen atoms in total. The minimum Gasteiger partial charge on any atom is -0.433 e. The number of pyridine rings is 1. The first-order valence-electron chi connectivity index (χ1n) is 9.18. The average molecular weight is 423 g/mol. The second-order valence-electron chi connectivity index (χ2n) is 6.64. The van der Waals surface area contributed by atoms with Gasteiger partial charge in [0.15, 0.2) is 0 Å². The van der Waals surface area contributed by atoms with Gasteiger partial charge in [-0.2, -0.15) is 8.78 Å². The van der Waals surface area contributed by atoms with E-state index in [1.54, 1.807) is 30.6 Å². The number of amides is 3. The van der Waals surface area contributed by atoms with Crippen LogP contribution in [0.15, 0.2) is 67.0 Å². The number of hydrogen-bond acceptors (Lipinski definition) is 5. The van der Waals surface area contributed by atoms with E-state index < -0.39 is 24.3 Å². The summed E-state index contributed by atoms with van der Waals surface area (Å²) in [5.74, 6) is -1.81. The summed E-state index contributed by atoms with van der Waals surface area (Å²) in [7, 11) is 0. The van der Waals surface area contributed by atoms with E-state index in [1.807, 2.05) is 0 Å². The predicted octanol–water partition coefficient (Wildman–Crippen LogP) is 3.73. The molecule has 0 saturated carbocycles. The number of carbonyl (C=O) groups excluding carboxylic acids is 3. The van der Waals surface area contributed by atoms with Crippen LogP contribution in [0.1, 0.15) is 36.6 Å². The molecular weight excluding hydrogens is 408 g/mol. The van der Waals surface area contributed by atoms with Crippen LogP contribution < -0.4 is 10.1 Å². The van der Waals surface area contributed by atoms with Crippen molar-refractivity contribution in [3.63, 3.8) is 0 Å². The third kappa shape index (κ3) is 4.11. The molecule has 2 heterocycles. The number of nitrogens with one attached hydrogen (secondary N) is 1. The maximum absolute atomic E-state index is 12.8. The molecule has 0 aliphatic carbocycles. The van der Waals surface area contributed by atoms with Gasteiger partial charge < -0.3 is 10.1 Å². The van der Waals surface area contributed by atoms with Gasteiger partial charge in [-0.3, -0.25) is 24.3 Å². The molecule has 0 spiro atoms. The molecular formula is C22H15F2N3O4. The summed E-state index contributed by atoms with van der Waals surface area (Å²) < 4.78 is 29.5. The molecule has 1 aliphatic rings. The zero-order valence-corrected chi connectivity index (χ0v) is 15.9. The molecule has 0 radical (unpaired) electrons. The van der Waals surface area contributed by atoms with Crippen molar-refractivity contribution >= 4 is 23.4 Å². The van der Waals surface area contributed by atoms with Gasteiger partial charge in [-0.1, -0.05) is 12.1 Å². The van der Waals surface area contributed by atoms with Crippen LogP contribution >= 0.6 is 0 Å². The highest BCUT2D eigenvalue weighted by Gasteiger charge is 2.36. The SMILES string of the molecule is O=C(Nc1ccccc1OC(F)F)c1ccc2c(c1)C(=O)N(Cc1ccncc1)C2=O. The minimum absolute atomic E-state index is 0.0509. The van der Waals surface area contributed by atoms with E-state index >= 15 is 0 Å². The molecule has 0 fully saturated rings. The highest BCUT2D eigenvalue weighted by Crippen LogP contribution is 2.28. The van der Waals surface area contributed by atoms with Gasteiger partial charge >= 0.3 is 6.61 Å². The highest BCUT2D eigenvalue weighted by molar-refractivity contribution is 6.22. The number of rotatable bonds is 6. The van der Waals surface area contributed by atoms with Crippen molar-refractivity contribution in [3.05, 3.63) is 89.2 Å². The van der Waals surface area contributed by atoms with E-state index in [0.717, 1.165) is 10.5 Å². The number of benzene rings is 2. The summed E-state index contributed by atoms with van der Waals surface area (Å²) >= 11 is 0. The lowest BCUT2D eigenvalue weighted by molar-refractivity contribution is -0.0493. The lowest BCUT2D eigenvalue weighted by atomic mass is 10.1. The molecule has 4 rings (SSSR count). The van der Waals surface area contributed by atoms with Crippen molar-refractivity contribution < 1.29 is 27.9 Å². The predicted molar refractivity (Wildman–Crippen MR) is 106 cm³/mol. The van der Waals surface area contributed by atoms with Gasteiger partial charge in [0.2, 0.25) is 0 Å². The number of halogens is 2. The number of fused-ring (bicyclic) bond motifs is 1. The molecule has 0 unspecified atom stereocenters. The Hall–Kier alpha value is -4.14. The fraction of sp³-hybridized carbons (Fsp3) is 0.0909. The number of aromatic nitrogens is 1. The Morgan fingerprint density at radius 3 is 2.45 bits per heavy atom. The topological polar surface area (TPSA) is 88.6 Å². The molecule has 1 aliphatic heterocycles. The second-order valence-corrected chi connectivity index (χ2v) is 6.64. The van der Waals surface area contributed by atoms with Gasteiger partial charge in [0.1, 0.15) is 5.75 Å². The van der Waals surface area contributed by atoms with Crippen LogP contribution in [-0.2, 0) is 6.54 Å². The smallest absolute Gasteiger partial charge is 0.387 e. The first-order valence-corrected chi connectivity index (χ1v) is 9.18. The van der Waals surface area contributed by atoms with Crippen LogP contribution in [0.3, 0.4) is 0 Å². The monoisotopic (exact) mass is 423 g/mol. The molecule has 3 amide bonds. The van der Waals surface area contributed by atoms with Crippen molar-refractivity contribution in [1.82, 2.24) is 9.88 Å². The standard InChI is InChI=1S/C22H15F2N3O4/c23-22(24)31-18-4-2-1-3-17(18)26-19(28)14-5-6-15-16(11-14)21(30)27(20(15)29)12-13-7-9-25-10-8-13/h1-11,22H,12H2,(H,26,28). The lowest BCUT2D eigenvalue weighted by Gasteiger charge is -2.13. The van der Waals surface area contributed by atoms with Crippen LogP contribution in [0.5, 0.6) is 5.75 Å². The Balaban J connectivity index is 1.56. The highest BCUT2D eigenvalue weighted by atomic mass is 19.3. The van der Waals surface area contributed by atoms with Gasteiger partial charge in [-0.15, -0.1) is 0 Å². The third-order valence-corrected chi connectivity index (χ3v) is 4.67. The summed E-state index contributed by atoms with van der Waals surface area (Å²) in [6.07, 6.45) is 3.12. The molecule has 31 heavy (non-hydrogen) atoms. The Labute approximate surface area is 175 Å². The van der Waals surface area contributed by atoms with Crippen molar-refractivity contribution in [2.45, 2.75) is 13.2 Å². The quantitative estimate of drug-likeness (QED) is 0.611. The summed E-state index contributed by atoms with van der Waals surface area (Å²) in [5.41, 5.74) is 1.17. The number of ether oxygens (including phenoxy) is 1. The first kappa shape index (κ1) is 20.1. The summed E-state index contributed by atoms with van der Waals surface area (Å²) in [6, 6.07) is 13.2. The van der Waals surface area contributed by atoms with Crippen molar-refractivity contribution in [1.29, 1.82) is 0 Å². The number of hydrogen-bond donors (Lipinski definition) is 1. The molecule has 0 atom stereocenters. The fourth-order valence-corrected chi connectivity index (χ4v) is 3.21. The van der Waals surface area contributed by atoms with Crippen molar-refractivity contribution in [2.75, 3.05) is 5.32 Å². The molecule has 0 bridgehead atoms. The number of imide groups is 1. The summed E-state index contributed by atoms with van der Waals surface area (Å²) in [6.45, 7) is -2.97. The Bertz CT molecular complexity index is 1170. The third-order valence-electron chi connectivity index (χ3n) is 4.67. The van der Waals surface area contributed by atoms with E-state index in [2.05, 4.69) is 15.0 Å². The maximum Gasteiger partial charge on any atom is 0.387 e. The lowest BCUT2D eigenvalue weighted by Crippen LogP contribution is -2.29. The summed E-state index contributed by atoms with van der Waals surface area (Å²) in [5, 5.41) is 2.49. The zero-order valence-electron chi connectivity index (χ0n) is 15.9. The van der Waals surface area contributed by atoms with Gasteiger partial charge in [0.25, 0.3) is 17.7 Å². The van der Waals surface area contributed by atoms with Gasteiger partial charge in [-0.25, -0.2) is 0 Å². The maximum atomic E-state index is 12.8. The Kier molecular flexibility index (Phi) is 5.40. The van der Waals surface area contributed by atoms with E-state index in [-0.39, 0.29) is 34.7 Å². The summed E-state index contributed by atoms with van der Waals surface area (Å²) in [4.78, 5) is 43.0. The zero-order chi connectivity index (χ0) is 22.0. The van der Waals surface area contributed by atoms with E-state index in [9.17, 15) is 23.2 Å². The number of nitrogens with zero attached hydrogens (tertiary/aromatic N) is 2. The van der Waals surface area contributed by atoms with Crippen LogP contribution in [0, 0.1) is 0 Å². The number of carbonyl (C=O) groups is 3. The number of para-hydroxylation sites is 2. The van der Waals surface area contributed by atoms with Crippen molar-refractivity contribution in [3.8, 4) is 5.75 Å². The number of anilines is 1. The van der Waals surface area contributed by atoms with E-state index in [0.29, 0.717) is 0 Å². The van der Waals surface area contributed by atoms with Gasteiger partial charge in [-0.05, 0) is 48.0 Å². The van der Waals surface area contributed by atoms with Gasteiger partial charge in [0.05, 0.1) is 23.4 Å². The van der Waals surface area contributed by atoms with Crippen molar-refractivity contribution in [2.24, 2.45) is 0 Å². The van der Waals surface area contributed by atoms with Crippen LogP contribution in [0.2, 0.25) is 0 Å². The van der Waals surface area contributed by atoms with Crippen LogP contribution in [0.4, 0.5) is 14.5 Å². The van der Waals surface area contributed by atoms with E-state index in [4.69, 9.17) is 0 Å².